The lowest BCUT2D eigenvalue weighted by Gasteiger charge is -2.17. The third-order valence-corrected chi connectivity index (χ3v) is 4.40. The summed E-state index contributed by atoms with van der Waals surface area (Å²) < 4.78 is 5.34. The van der Waals surface area contributed by atoms with Crippen molar-refractivity contribution in [2.24, 2.45) is 0 Å². The van der Waals surface area contributed by atoms with E-state index in [-0.39, 0.29) is 11.7 Å². The highest BCUT2D eigenvalue weighted by Gasteiger charge is 2.22. The van der Waals surface area contributed by atoms with E-state index in [9.17, 15) is 9.59 Å². The van der Waals surface area contributed by atoms with Gasteiger partial charge in [0.05, 0.1) is 19.4 Å². The van der Waals surface area contributed by atoms with E-state index >= 15 is 0 Å². The minimum Gasteiger partial charge on any atom is -0.468 e. The number of furan rings is 1. The van der Waals surface area contributed by atoms with Crippen LogP contribution in [0.5, 0.6) is 0 Å². The first-order valence-corrected chi connectivity index (χ1v) is 8.43. The molecule has 0 radical (unpaired) electrons. The molecule has 3 rings (SSSR count). The molecule has 1 aliphatic rings. The summed E-state index contributed by atoms with van der Waals surface area (Å²) in [6.07, 6.45) is 5.37. The van der Waals surface area contributed by atoms with Gasteiger partial charge in [-0.2, -0.15) is 0 Å². The highest BCUT2D eigenvalue weighted by molar-refractivity contribution is 6.01. The number of H-pyrrole nitrogens is 1. The Morgan fingerprint density at radius 2 is 2.12 bits per heavy atom. The Bertz CT molecular complexity index is 684. The lowest BCUT2D eigenvalue weighted by atomic mass is 10.2. The molecule has 6 heteroatoms. The maximum absolute atomic E-state index is 12.5. The molecule has 3 heterocycles. The fourth-order valence-electron chi connectivity index (χ4n) is 2.97. The van der Waals surface area contributed by atoms with Crippen LogP contribution in [-0.4, -0.2) is 52.7 Å². The number of amides is 1. The first kappa shape index (κ1) is 16.5. The molecule has 0 aromatic carbocycles. The lowest BCUT2D eigenvalue weighted by Crippen LogP contribution is -2.29. The van der Waals surface area contributed by atoms with Crippen molar-refractivity contribution < 1.29 is 14.0 Å². The Morgan fingerprint density at radius 3 is 2.79 bits per heavy atom. The van der Waals surface area contributed by atoms with Gasteiger partial charge in [0.15, 0.2) is 5.78 Å². The van der Waals surface area contributed by atoms with Crippen LogP contribution in [0.15, 0.2) is 35.1 Å². The number of nitrogens with zero attached hydrogens (tertiary/aromatic N) is 2. The van der Waals surface area contributed by atoms with Crippen molar-refractivity contribution in [2.75, 3.05) is 26.2 Å². The van der Waals surface area contributed by atoms with E-state index in [2.05, 4.69) is 4.98 Å². The predicted molar refractivity (Wildman–Crippen MR) is 89.9 cm³/mol. The average molecular weight is 329 g/mol. The Labute approximate surface area is 141 Å². The largest absolute Gasteiger partial charge is 0.468 e. The van der Waals surface area contributed by atoms with Gasteiger partial charge in [-0.3, -0.25) is 14.5 Å². The maximum atomic E-state index is 12.5. The molecule has 0 unspecified atom stereocenters. The zero-order valence-corrected chi connectivity index (χ0v) is 14.0. The molecule has 2 aromatic heterocycles. The molecule has 0 bridgehead atoms. The van der Waals surface area contributed by atoms with Crippen LogP contribution in [0, 0.1) is 0 Å². The van der Waals surface area contributed by atoms with Crippen LogP contribution in [0.2, 0.25) is 0 Å². The Hall–Kier alpha value is -2.34. The molecule has 128 valence electrons. The summed E-state index contributed by atoms with van der Waals surface area (Å²) >= 11 is 0. The topological polar surface area (TPSA) is 69.6 Å². The van der Waals surface area contributed by atoms with E-state index in [1.165, 1.54) is 0 Å². The predicted octanol–water partition coefficient (Wildman–Crippen LogP) is 2.55. The number of aromatic nitrogens is 1. The second-order valence-electron chi connectivity index (χ2n) is 6.11. The Morgan fingerprint density at radius 1 is 1.33 bits per heavy atom. The van der Waals surface area contributed by atoms with Gasteiger partial charge in [-0.05, 0) is 37.6 Å². The zero-order chi connectivity index (χ0) is 16.9. The summed E-state index contributed by atoms with van der Waals surface area (Å²) in [5.74, 6) is 0.818. The van der Waals surface area contributed by atoms with Crippen molar-refractivity contribution in [1.29, 1.82) is 0 Å². The van der Waals surface area contributed by atoms with Crippen molar-refractivity contribution in [1.82, 2.24) is 14.8 Å². The number of Topliss-reactive ketones (excluding diaryl/α,β-unsaturated/α-hetero) is 1. The number of likely N-dealkylation sites (tertiary alicyclic amines) is 1. The van der Waals surface area contributed by atoms with Crippen LogP contribution in [0.4, 0.5) is 0 Å². The molecule has 0 spiro atoms. The van der Waals surface area contributed by atoms with Crippen LogP contribution >= 0.6 is 0 Å². The lowest BCUT2D eigenvalue weighted by molar-refractivity contribution is 0.0787. The quantitative estimate of drug-likeness (QED) is 0.793. The maximum Gasteiger partial charge on any atom is 0.270 e. The molecule has 1 N–H and O–H groups in total. The van der Waals surface area contributed by atoms with Crippen molar-refractivity contribution in [2.45, 2.75) is 26.3 Å². The number of ketones is 1. The number of hydrogen-bond donors (Lipinski definition) is 1. The number of carbonyl (C=O) groups excluding carboxylic acids is 2. The number of nitrogens with one attached hydrogen (secondary N) is 1. The normalized spacial score (nSPS) is 14.5. The number of aromatic amines is 1. The standard InChI is InChI=1S/C18H23N3O3/c1-2-20(12-15-6-5-9-24-15)13-17(22)14-10-16(19-11-14)18(23)21-7-3-4-8-21/h5-6,9-11,19H,2-4,7-8,12-13H2,1H3. The van der Waals surface area contributed by atoms with Gasteiger partial charge in [-0.1, -0.05) is 6.92 Å². The Balaban J connectivity index is 1.61. The van der Waals surface area contributed by atoms with Crippen LogP contribution in [-0.2, 0) is 6.54 Å². The van der Waals surface area contributed by atoms with Crippen LogP contribution in [0.3, 0.4) is 0 Å². The molecular formula is C18H23N3O3. The van der Waals surface area contributed by atoms with E-state index < -0.39 is 0 Å². The van der Waals surface area contributed by atoms with E-state index in [1.54, 1.807) is 18.5 Å². The number of hydrogen-bond acceptors (Lipinski definition) is 4. The fourth-order valence-corrected chi connectivity index (χ4v) is 2.97. The van der Waals surface area contributed by atoms with E-state index in [0.717, 1.165) is 38.2 Å². The molecule has 1 aliphatic heterocycles. The zero-order valence-electron chi connectivity index (χ0n) is 14.0. The number of carbonyl (C=O) groups is 2. The van der Waals surface area contributed by atoms with Crippen LogP contribution in [0.1, 0.15) is 46.4 Å². The van der Waals surface area contributed by atoms with Gasteiger partial charge in [0.2, 0.25) is 0 Å². The van der Waals surface area contributed by atoms with Crippen molar-refractivity contribution in [3.8, 4) is 0 Å². The van der Waals surface area contributed by atoms with E-state index in [4.69, 9.17) is 4.42 Å². The monoisotopic (exact) mass is 329 g/mol. The molecule has 0 atom stereocenters. The molecule has 24 heavy (non-hydrogen) atoms. The minimum absolute atomic E-state index is 0.000119. The summed E-state index contributed by atoms with van der Waals surface area (Å²) in [4.78, 5) is 31.6. The molecule has 0 aliphatic carbocycles. The van der Waals surface area contributed by atoms with E-state index in [0.29, 0.717) is 24.3 Å². The smallest absolute Gasteiger partial charge is 0.270 e. The second kappa shape index (κ2) is 7.49. The van der Waals surface area contributed by atoms with Gasteiger partial charge >= 0.3 is 0 Å². The molecule has 6 nitrogen and oxygen atoms in total. The minimum atomic E-state index is -0.0190. The second-order valence-corrected chi connectivity index (χ2v) is 6.11. The molecule has 1 fully saturated rings. The summed E-state index contributed by atoms with van der Waals surface area (Å²) in [5.41, 5.74) is 1.05. The first-order chi connectivity index (χ1) is 11.7. The SMILES string of the molecule is CCN(CC(=O)c1c[nH]c(C(=O)N2CCCC2)c1)Cc1ccco1. The molecule has 1 amide bonds. The van der Waals surface area contributed by atoms with Crippen molar-refractivity contribution in [3.63, 3.8) is 0 Å². The molecule has 1 saturated heterocycles. The van der Waals surface area contributed by atoms with Gasteiger partial charge in [-0.25, -0.2) is 0 Å². The van der Waals surface area contributed by atoms with Gasteiger partial charge in [0.25, 0.3) is 5.91 Å². The number of likely N-dealkylation sites (N-methyl/N-ethyl adjacent to an activating group) is 1. The Kier molecular flexibility index (Phi) is 5.15. The van der Waals surface area contributed by atoms with Crippen LogP contribution < -0.4 is 0 Å². The van der Waals surface area contributed by atoms with Crippen molar-refractivity contribution >= 4 is 11.7 Å². The summed E-state index contributed by atoms with van der Waals surface area (Å²) in [5, 5.41) is 0. The van der Waals surface area contributed by atoms with Gasteiger partial charge in [-0.15, -0.1) is 0 Å². The van der Waals surface area contributed by atoms with Gasteiger partial charge in [0.1, 0.15) is 11.5 Å². The average Bonchev–Trinajstić information content (AvgIpc) is 3.34. The molecule has 0 saturated carbocycles. The summed E-state index contributed by atoms with van der Waals surface area (Å²) in [7, 11) is 0. The van der Waals surface area contributed by atoms with Gasteiger partial charge in [0, 0.05) is 24.8 Å². The van der Waals surface area contributed by atoms with Crippen molar-refractivity contribution in [3.05, 3.63) is 47.7 Å². The summed E-state index contributed by atoms with van der Waals surface area (Å²) in [6, 6.07) is 5.41. The van der Waals surface area contributed by atoms with Gasteiger partial charge < -0.3 is 14.3 Å². The fraction of sp³-hybridized carbons (Fsp3) is 0.444. The van der Waals surface area contributed by atoms with Crippen LogP contribution in [0.25, 0.3) is 0 Å². The first-order valence-electron chi connectivity index (χ1n) is 8.43. The highest BCUT2D eigenvalue weighted by Crippen LogP contribution is 2.14. The number of rotatable bonds is 7. The van der Waals surface area contributed by atoms with E-state index in [1.807, 2.05) is 28.9 Å². The summed E-state index contributed by atoms with van der Waals surface area (Å²) in [6.45, 7) is 5.25. The third-order valence-electron chi connectivity index (χ3n) is 4.40. The molecular weight excluding hydrogens is 306 g/mol. The highest BCUT2D eigenvalue weighted by atomic mass is 16.3. The molecule has 2 aromatic rings. The third kappa shape index (κ3) is 3.76.